The van der Waals surface area contributed by atoms with Gasteiger partial charge < -0.3 is 5.32 Å². The molecule has 0 aliphatic heterocycles. The van der Waals surface area contributed by atoms with Crippen LogP contribution < -0.4 is 5.32 Å². The van der Waals surface area contributed by atoms with E-state index in [9.17, 15) is 0 Å². The van der Waals surface area contributed by atoms with E-state index in [1.54, 1.807) is 12.3 Å². The summed E-state index contributed by atoms with van der Waals surface area (Å²) in [6.07, 6.45) is 7.96. The summed E-state index contributed by atoms with van der Waals surface area (Å²) in [4.78, 5) is 4.24. The van der Waals surface area contributed by atoms with E-state index in [0.717, 1.165) is 11.7 Å². The molecule has 1 aliphatic rings. The Hall–Kier alpha value is -0.470. The second kappa shape index (κ2) is 5.92. The number of anilines is 1. The molecule has 2 nitrogen and oxygen atoms in total. The molecule has 0 aromatic carbocycles. The molecule has 1 heterocycles. The number of halogens is 2. The van der Waals surface area contributed by atoms with E-state index in [1.165, 1.54) is 32.1 Å². The van der Waals surface area contributed by atoms with Crippen molar-refractivity contribution in [1.29, 1.82) is 0 Å². The summed E-state index contributed by atoms with van der Waals surface area (Å²) in [6.45, 7) is 2.27. The van der Waals surface area contributed by atoms with E-state index in [1.807, 2.05) is 0 Å². The van der Waals surface area contributed by atoms with Crippen LogP contribution in [-0.2, 0) is 0 Å². The summed E-state index contributed by atoms with van der Waals surface area (Å²) in [5, 5.41) is 4.60. The predicted molar refractivity (Wildman–Crippen MR) is 73.9 cm³/mol. The lowest BCUT2D eigenvalue weighted by Crippen LogP contribution is -2.26. The summed E-state index contributed by atoms with van der Waals surface area (Å²) in [7, 11) is 0. The highest BCUT2D eigenvalue weighted by Crippen LogP contribution is 2.30. The SMILES string of the molecule is CCC1CCC(Nc2ncc(Cl)cc2Cl)CC1. The van der Waals surface area contributed by atoms with Crippen LogP contribution in [0.1, 0.15) is 39.0 Å². The van der Waals surface area contributed by atoms with Crippen LogP contribution in [0.25, 0.3) is 0 Å². The minimum atomic E-state index is 0.504. The van der Waals surface area contributed by atoms with Crippen molar-refractivity contribution in [2.24, 2.45) is 5.92 Å². The van der Waals surface area contributed by atoms with Crippen molar-refractivity contribution < 1.29 is 0 Å². The first-order valence-corrected chi connectivity index (χ1v) is 7.02. The normalized spacial score (nSPS) is 24.6. The smallest absolute Gasteiger partial charge is 0.145 e. The van der Waals surface area contributed by atoms with Crippen LogP contribution in [-0.4, -0.2) is 11.0 Å². The molecule has 0 radical (unpaired) electrons. The molecule has 4 heteroatoms. The number of nitrogens with one attached hydrogen (secondary N) is 1. The molecule has 0 atom stereocenters. The molecule has 1 aliphatic carbocycles. The Labute approximate surface area is 113 Å². The molecule has 1 aromatic heterocycles. The van der Waals surface area contributed by atoms with Gasteiger partial charge in [0, 0.05) is 12.2 Å². The van der Waals surface area contributed by atoms with Gasteiger partial charge in [-0.15, -0.1) is 0 Å². The fourth-order valence-corrected chi connectivity index (χ4v) is 2.86. The molecule has 2 rings (SSSR count). The van der Waals surface area contributed by atoms with Gasteiger partial charge in [0.1, 0.15) is 5.82 Å². The van der Waals surface area contributed by atoms with Crippen LogP contribution in [0.15, 0.2) is 12.3 Å². The Kier molecular flexibility index (Phi) is 4.52. The number of aromatic nitrogens is 1. The summed E-state index contributed by atoms with van der Waals surface area (Å²) >= 11 is 11.9. The third-order valence-corrected chi connectivity index (χ3v) is 4.07. The molecule has 0 saturated heterocycles. The van der Waals surface area contributed by atoms with Gasteiger partial charge in [-0.05, 0) is 37.7 Å². The number of nitrogens with zero attached hydrogens (tertiary/aromatic N) is 1. The topological polar surface area (TPSA) is 24.9 Å². The van der Waals surface area contributed by atoms with Gasteiger partial charge in [-0.25, -0.2) is 4.98 Å². The van der Waals surface area contributed by atoms with Crippen molar-refractivity contribution in [3.8, 4) is 0 Å². The minimum absolute atomic E-state index is 0.504. The minimum Gasteiger partial charge on any atom is -0.366 e. The van der Waals surface area contributed by atoms with Gasteiger partial charge >= 0.3 is 0 Å². The molecule has 0 bridgehead atoms. The average molecular weight is 273 g/mol. The lowest BCUT2D eigenvalue weighted by molar-refractivity contribution is 0.330. The Balaban J connectivity index is 1.93. The molecule has 1 saturated carbocycles. The van der Waals surface area contributed by atoms with Gasteiger partial charge in [0.05, 0.1) is 10.0 Å². The van der Waals surface area contributed by atoms with Crippen LogP contribution in [0.3, 0.4) is 0 Å². The van der Waals surface area contributed by atoms with Crippen LogP contribution in [0.5, 0.6) is 0 Å². The van der Waals surface area contributed by atoms with E-state index in [2.05, 4.69) is 17.2 Å². The van der Waals surface area contributed by atoms with Gasteiger partial charge in [0.15, 0.2) is 0 Å². The Morgan fingerprint density at radius 2 is 2.00 bits per heavy atom. The van der Waals surface area contributed by atoms with E-state index < -0.39 is 0 Å². The number of hydrogen-bond donors (Lipinski definition) is 1. The maximum absolute atomic E-state index is 6.10. The molecule has 94 valence electrons. The third kappa shape index (κ3) is 3.49. The van der Waals surface area contributed by atoms with Crippen molar-refractivity contribution in [2.75, 3.05) is 5.32 Å². The van der Waals surface area contributed by atoms with Crippen LogP contribution in [0, 0.1) is 5.92 Å². The second-order valence-corrected chi connectivity index (χ2v) is 5.60. The molecule has 1 aromatic rings. The molecule has 0 spiro atoms. The molecular weight excluding hydrogens is 255 g/mol. The Morgan fingerprint density at radius 3 is 2.59 bits per heavy atom. The van der Waals surface area contributed by atoms with Gasteiger partial charge in [0.2, 0.25) is 0 Å². The van der Waals surface area contributed by atoms with Crippen LogP contribution >= 0.6 is 23.2 Å². The maximum Gasteiger partial charge on any atom is 0.145 e. The van der Waals surface area contributed by atoms with Crippen molar-refractivity contribution >= 4 is 29.0 Å². The van der Waals surface area contributed by atoms with Crippen molar-refractivity contribution in [3.05, 3.63) is 22.3 Å². The highest BCUT2D eigenvalue weighted by atomic mass is 35.5. The van der Waals surface area contributed by atoms with Crippen molar-refractivity contribution in [2.45, 2.75) is 45.1 Å². The Morgan fingerprint density at radius 1 is 1.29 bits per heavy atom. The van der Waals surface area contributed by atoms with E-state index in [0.29, 0.717) is 16.1 Å². The van der Waals surface area contributed by atoms with Crippen molar-refractivity contribution in [3.63, 3.8) is 0 Å². The number of hydrogen-bond acceptors (Lipinski definition) is 2. The second-order valence-electron chi connectivity index (χ2n) is 4.75. The first kappa shape index (κ1) is 13.0. The summed E-state index contributed by atoms with van der Waals surface area (Å²) in [5.74, 6) is 1.66. The first-order valence-electron chi connectivity index (χ1n) is 6.26. The largest absolute Gasteiger partial charge is 0.366 e. The standard InChI is InChI=1S/C13H18Cl2N2/c1-2-9-3-5-11(6-4-9)17-13-12(15)7-10(14)8-16-13/h7-9,11H,2-6H2,1H3,(H,16,17). The number of rotatable bonds is 3. The maximum atomic E-state index is 6.10. The first-order chi connectivity index (χ1) is 8.19. The molecule has 17 heavy (non-hydrogen) atoms. The van der Waals surface area contributed by atoms with Gasteiger partial charge in [0.25, 0.3) is 0 Å². The van der Waals surface area contributed by atoms with E-state index in [-0.39, 0.29) is 0 Å². The zero-order valence-corrected chi connectivity index (χ0v) is 11.6. The third-order valence-electron chi connectivity index (χ3n) is 3.57. The zero-order chi connectivity index (χ0) is 12.3. The van der Waals surface area contributed by atoms with Crippen molar-refractivity contribution in [1.82, 2.24) is 4.98 Å². The lowest BCUT2D eigenvalue weighted by Gasteiger charge is -2.29. The summed E-state index contributed by atoms with van der Waals surface area (Å²) in [6, 6.07) is 2.24. The number of pyridine rings is 1. The summed E-state index contributed by atoms with van der Waals surface area (Å²) in [5.41, 5.74) is 0. The fourth-order valence-electron chi connectivity index (χ4n) is 2.43. The van der Waals surface area contributed by atoms with E-state index in [4.69, 9.17) is 23.2 Å². The fraction of sp³-hybridized carbons (Fsp3) is 0.615. The molecule has 0 amide bonds. The van der Waals surface area contributed by atoms with Gasteiger partial charge in [-0.1, -0.05) is 36.5 Å². The zero-order valence-electron chi connectivity index (χ0n) is 10.0. The lowest BCUT2D eigenvalue weighted by atomic mass is 9.84. The van der Waals surface area contributed by atoms with Crippen LogP contribution in [0.2, 0.25) is 10.0 Å². The average Bonchev–Trinajstić information content (AvgIpc) is 2.34. The van der Waals surface area contributed by atoms with Gasteiger partial charge in [-0.2, -0.15) is 0 Å². The quantitative estimate of drug-likeness (QED) is 0.858. The van der Waals surface area contributed by atoms with E-state index >= 15 is 0 Å². The Bertz CT molecular complexity index is 374. The molecule has 1 fully saturated rings. The van der Waals surface area contributed by atoms with Crippen LogP contribution in [0.4, 0.5) is 5.82 Å². The summed E-state index contributed by atoms with van der Waals surface area (Å²) < 4.78 is 0. The predicted octanol–water partition coefficient (Wildman–Crippen LogP) is 4.77. The molecule has 1 N–H and O–H groups in total. The molecular formula is C13H18Cl2N2. The monoisotopic (exact) mass is 272 g/mol. The van der Waals surface area contributed by atoms with Gasteiger partial charge in [-0.3, -0.25) is 0 Å². The highest BCUT2D eigenvalue weighted by Gasteiger charge is 2.20. The molecule has 0 unspecified atom stereocenters. The highest BCUT2D eigenvalue weighted by molar-refractivity contribution is 6.35.